The molecule has 1 atom stereocenters. The first kappa shape index (κ1) is 20.2. The first-order valence-electron chi connectivity index (χ1n) is 10.7. The fraction of sp³-hybridized carbons (Fsp3) is 0.333. The van der Waals surface area contributed by atoms with Gasteiger partial charge in [0, 0.05) is 31.4 Å². The van der Waals surface area contributed by atoms with Gasteiger partial charge >= 0.3 is 0 Å². The average molecular weight is 406 g/mol. The number of quaternary nitrogens is 1. The van der Waals surface area contributed by atoms with E-state index >= 15 is 0 Å². The van der Waals surface area contributed by atoms with E-state index in [1.165, 1.54) is 16.1 Å². The molecule has 4 rings (SSSR count). The summed E-state index contributed by atoms with van der Waals surface area (Å²) in [6.07, 6.45) is 4.22. The van der Waals surface area contributed by atoms with Crippen LogP contribution in [0.3, 0.4) is 0 Å². The maximum absolute atomic E-state index is 12.3. The van der Waals surface area contributed by atoms with Crippen molar-refractivity contribution in [1.29, 1.82) is 0 Å². The number of amides is 2. The summed E-state index contributed by atoms with van der Waals surface area (Å²) in [7, 11) is 0. The summed E-state index contributed by atoms with van der Waals surface area (Å²) in [5, 5.41) is 4.37. The van der Waals surface area contributed by atoms with Crippen molar-refractivity contribution in [2.24, 2.45) is 0 Å². The molecule has 6 nitrogen and oxygen atoms in total. The Balaban J connectivity index is 1.19. The molecule has 2 aliphatic heterocycles. The van der Waals surface area contributed by atoms with E-state index in [1.54, 1.807) is 4.90 Å². The minimum absolute atomic E-state index is 0.0208. The lowest BCUT2D eigenvalue weighted by Crippen LogP contribution is -3.11. The lowest BCUT2D eigenvalue weighted by Gasteiger charge is -2.29. The fourth-order valence-corrected chi connectivity index (χ4v) is 4.10. The number of nitrogens with zero attached hydrogens (tertiary/aromatic N) is 1. The Morgan fingerprint density at radius 2 is 1.83 bits per heavy atom. The van der Waals surface area contributed by atoms with Crippen LogP contribution < -0.4 is 15.6 Å². The van der Waals surface area contributed by atoms with Gasteiger partial charge in [0.1, 0.15) is 13.1 Å². The van der Waals surface area contributed by atoms with Crippen molar-refractivity contribution in [3.63, 3.8) is 0 Å². The van der Waals surface area contributed by atoms with Crippen molar-refractivity contribution in [2.75, 3.05) is 26.2 Å². The molecule has 2 amide bonds. The first-order chi connectivity index (χ1) is 14.7. The van der Waals surface area contributed by atoms with Crippen LogP contribution in [0.25, 0.3) is 5.70 Å². The molecule has 0 fully saturated rings. The topological polar surface area (TPSA) is 65.9 Å². The number of benzene rings is 2. The molecular weight excluding hydrogens is 376 g/mol. The van der Waals surface area contributed by atoms with E-state index in [2.05, 4.69) is 35.0 Å². The Hall–Kier alpha value is -3.12. The number of nitrogens with one attached hydrogen (secondary N) is 3. The van der Waals surface area contributed by atoms with Crippen molar-refractivity contribution in [3.8, 4) is 0 Å². The zero-order valence-corrected chi connectivity index (χ0v) is 17.2. The molecule has 1 unspecified atom stereocenters. The van der Waals surface area contributed by atoms with Crippen LogP contribution >= 0.6 is 0 Å². The van der Waals surface area contributed by atoms with Crippen LogP contribution in [0, 0.1) is 0 Å². The highest BCUT2D eigenvalue weighted by Crippen LogP contribution is 2.16. The van der Waals surface area contributed by atoms with Crippen LogP contribution in [-0.2, 0) is 22.6 Å². The smallest absolute Gasteiger partial charge is 0.245 e. The summed E-state index contributed by atoms with van der Waals surface area (Å²) in [6.45, 7) is 3.90. The molecule has 0 saturated carbocycles. The van der Waals surface area contributed by atoms with Crippen molar-refractivity contribution < 1.29 is 14.5 Å². The molecule has 0 bridgehead atoms. The largest absolute Gasteiger partial charge is 0.354 e. The number of carbonyl (C=O) groups excluding carboxylic acids is 2. The van der Waals surface area contributed by atoms with Crippen molar-refractivity contribution in [3.05, 3.63) is 77.4 Å². The number of fused-ring (bicyclic) bond motifs is 1. The van der Waals surface area contributed by atoms with Gasteiger partial charge in [-0.25, -0.2) is 5.01 Å². The Kier molecular flexibility index (Phi) is 6.44. The van der Waals surface area contributed by atoms with Crippen molar-refractivity contribution in [2.45, 2.75) is 25.8 Å². The van der Waals surface area contributed by atoms with E-state index in [1.807, 2.05) is 36.4 Å². The Labute approximate surface area is 177 Å². The van der Waals surface area contributed by atoms with Crippen LogP contribution in [0.1, 0.15) is 29.5 Å². The van der Waals surface area contributed by atoms with E-state index in [0.717, 1.165) is 43.7 Å². The van der Waals surface area contributed by atoms with E-state index in [-0.39, 0.29) is 18.4 Å². The van der Waals surface area contributed by atoms with E-state index < -0.39 is 0 Å². The van der Waals surface area contributed by atoms with Gasteiger partial charge in [0.05, 0.1) is 18.8 Å². The minimum atomic E-state index is -0.135. The summed E-state index contributed by atoms with van der Waals surface area (Å²) in [5.74, 6) is -0.231. The molecule has 0 radical (unpaired) electrons. The third kappa shape index (κ3) is 5.07. The number of hydrazine groups is 1. The lowest BCUT2D eigenvalue weighted by molar-refractivity contribution is -0.916. The molecule has 0 saturated heterocycles. The standard InChI is InChI=1S/C24H28N4O2/c29-23(18-28-24(30)12-11-22(26-28)20-8-2-1-3-9-20)25-14-6-15-27-16-13-19-7-4-5-10-21(19)17-27/h1-5,7-11,26H,6,12-18H2,(H,25,29)/p+1. The highest BCUT2D eigenvalue weighted by Gasteiger charge is 2.22. The third-order valence-corrected chi connectivity index (χ3v) is 5.76. The maximum Gasteiger partial charge on any atom is 0.245 e. The quantitative estimate of drug-likeness (QED) is 0.600. The molecule has 2 aliphatic rings. The minimum Gasteiger partial charge on any atom is -0.354 e. The molecule has 2 heterocycles. The van der Waals surface area contributed by atoms with E-state index in [0.29, 0.717) is 13.0 Å². The number of hydrogen-bond donors (Lipinski definition) is 3. The first-order valence-corrected chi connectivity index (χ1v) is 10.7. The molecule has 3 N–H and O–H groups in total. The zero-order chi connectivity index (χ0) is 20.8. The molecular formula is C24H29N4O2+. The molecule has 30 heavy (non-hydrogen) atoms. The maximum atomic E-state index is 12.3. The van der Waals surface area contributed by atoms with Gasteiger partial charge in [0.15, 0.2) is 0 Å². The van der Waals surface area contributed by atoms with Gasteiger partial charge in [0.2, 0.25) is 11.8 Å². The monoisotopic (exact) mass is 405 g/mol. The average Bonchev–Trinajstić information content (AvgIpc) is 2.79. The third-order valence-electron chi connectivity index (χ3n) is 5.76. The SMILES string of the molecule is O=C(CN1NC(c2ccccc2)=CCC1=O)NCCC[NH+]1CCc2ccccc2C1. The van der Waals surface area contributed by atoms with Crippen LogP contribution in [-0.4, -0.2) is 43.0 Å². The second-order valence-electron chi connectivity index (χ2n) is 7.93. The summed E-state index contributed by atoms with van der Waals surface area (Å²) in [6, 6.07) is 18.5. The molecule has 0 aliphatic carbocycles. The van der Waals surface area contributed by atoms with Crippen LogP contribution in [0.4, 0.5) is 0 Å². The molecule has 6 heteroatoms. The van der Waals surface area contributed by atoms with Gasteiger partial charge in [-0.15, -0.1) is 0 Å². The predicted molar refractivity (Wildman–Crippen MR) is 116 cm³/mol. The molecule has 2 aromatic rings. The Morgan fingerprint density at radius 1 is 1.07 bits per heavy atom. The van der Waals surface area contributed by atoms with Crippen molar-refractivity contribution in [1.82, 2.24) is 15.8 Å². The van der Waals surface area contributed by atoms with Crippen LogP contribution in [0.2, 0.25) is 0 Å². The van der Waals surface area contributed by atoms with E-state index in [9.17, 15) is 9.59 Å². The van der Waals surface area contributed by atoms with Gasteiger partial charge in [-0.2, -0.15) is 0 Å². The number of carbonyl (C=O) groups is 2. The van der Waals surface area contributed by atoms with Crippen molar-refractivity contribution >= 4 is 17.5 Å². The highest BCUT2D eigenvalue weighted by atomic mass is 16.2. The summed E-state index contributed by atoms with van der Waals surface area (Å²) >= 11 is 0. The Morgan fingerprint density at radius 3 is 2.67 bits per heavy atom. The van der Waals surface area contributed by atoms with Crippen LogP contribution in [0.5, 0.6) is 0 Å². The van der Waals surface area contributed by atoms with Gasteiger partial charge in [0.25, 0.3) is 0 Å². The van der Waals surface area contributed by atoms with Gasteiger partial charge in [-0.05, 0) is 17.2 Å². The lowest BCUT2D eigenvalue weighted by atomic mass is 10.00. The highest BCUT2D eigenvalue weighted by molar-refractivity contribution is 5.88. The zero-order valence-electron chi connectivity index (χ0n) is 17.2. The Bertz CT molecular complexity index is 926. The molecule has 0 spiro atoms. The van der Waals surface area contributed by atoms with Crippen LogP contribution in [0.15, 0.2) is 60.7 Å². The second kappa shape index (κ2) is 9.59. The molecule has 2 aromatic carbocycles. The summed E-state index contributed by atoms with van der Waals surface area (Å²) in [5.41, 5.74) is 7.86. The molecule has 156 valence electrons. The molecule has 0 aromatic heterocycles. The summed E-state index contributed by atoms with van der Waals surface area (Å²) < 4.78 is 0. The number of hydrogen-bond acceptors (Lipinski definition) is 3. The van der Waals surface area contributed by atoms with E-state index in [4.69, 9.17) is 0 Å². The van der Waals surface area contributed by atoms with Gasteiger partial charge in [-0.1, -0.05) is 54.6 Å². The second-order valence-corrected chi connectivity index (χ2v) is 7.93. The normalized spacial score (nSPS) is 18.3. The fourth-order valence-electron chi connectivity index (χ4n) is 4.10. The number of rotatable bonds is 7. The predicted octanol–water partition coefficient (Wildman–Crippen LogP) is 0.912. The van der Waals surface area contributed by atoms with Gasteiger partial charge < -0.3 is 10.2 Å². The summed E-state index contributed by atoms with van der Waals surface area (Å²) in [4.78, 5) is 26.1. The van der Waals surface area contributed by atoms with Gasteiger partial charge in [-0.3, -0.25) is 15.0 Å².